The number of allylic oxidation sites excluding steroid dienone is 1. The van der Waals surface area contributed by atoms with Crippen molar-refractivity contribution in [3.63, 3.8) is 0 Å². The SMILES string of the molecule is COc1ccc([C@@H]2CC(=O)Oc3ccc4c(c32)O/C(=C\c2cn(C)c3ccccc23)C4=O)c(OC)c1OC. The summed E-state index contributed by atoms with van der Waals surface area (Å²) in [6.07, 6.45) is 3.76. The van der Waals surface area contributed by atoms with E-state index in [1.165, 1.54) is 14.2 Å². The van der Waals surface area contributed by atoms with E-state index in [1.54, 1.807) is 31.4 Å². The number of hydrogen-bond acceptors (Lipinski definition) is 7. The van der Waals surface area contributed by atoms with Gasteiger partial charge in [-0.1, -0.05) is 24.3 Å². The lowest BCUT2D eigenvalue weighted by molar-refractivity contribution is -0.135. The molecular weight excluding hydrogens is 486 g/mol. The van der Waals surface area contributed by atoms with Crippen LogP contribution < -0.4 is 23.7 Å². The number of nitrogens with zero attached hydrogens (tertiary/aromatic N) is 1. The van der Waals surface area contributed by atoms with Gasteiger partial charge in [0.15, 0.2) is 17.3 Å². The van der Waals surface area contributed by atoms with Gasteiger partial charge in [0.25, 0.3) is 0 Å². The highest BCUT2D eigenvalue weighted by molar-refractivity contribution is 6.15. The Labute approximate surface area is 218 Å². The van der Waals surface area contributed by atoms with Gasteiger partial charge in [0.05, 0.1) is 33.3 Å². The molecule has 3 heterocycles. The van der Waals surface area contributed by atoms with E-state index in [-0.39, 0.29) is 18.0 Å². The summed E-state index contributed by atoms with van der Waals surface area (Å²) in [4.78, 5) is 26.1. The topological polar surface area (TPSA) is 85.2 Å². The maximum absolute atomic E-state index is 13.5. The van der Waals surface area contributed by atoms with Crippen molar-refractivity contribution >= 4 is 28.7 Å². The average Bonchev–Trinajstić information content (AvgIpc) is 3.42. The standard InChI is InChI=1S/C30H25NO7/c1-31-15-16(17-7-5-6-8-21(17)31)13-24-27(33)19-10-11-22-26(28(19)38-24)20(14-25(32)37-22)18-9-12-23(34-2)30(36-4)29(18)35-3/h5-13,15,20H,14H2,1-4H3/b24-13-/t20-/m0/s1. The van der Waals surface area contributed by atoms with Crippen LogP contribution in [0.2, 0.25) is 0 Å². The van der Waals surface area contributed by atoms with Gasteiger partial charge < -0.3 is 28.3 Å². The highest BCUT2D eigenvalue weighted by Gasteiger charge is 2.40. The first kappa shape index (κ1) is 23.7. The number of Topliss-reactive ketones (excluding diaryl/α,β-unsaturated/α-hetero) is 1. The monoisotopic (exact) mass is 511 g/mol. The normalized spacial score (nSPS) is 17.2. The molecule has 0 unspecified atom stereocenters. The Morgan fingerprint density at radius 2 is 1.71 bits per heavy atom. The van der Waals surface area contributed by atoms with Crippen LogP contribution in [0.1, 0.15) is 39.4 Å². The highest BCUT2D eigenvalue weighted by atomic mass is 16.5. The molecule has 6 rings (SSSR count). The summed E-state index contributed by atoms with van der Waals surface area (Å²) >= 11 is 0. The van der Waals surface area contributed by atoms with Gasteiger partial charge in [-0.05, 0) is 30.3 Å². The Kier molecular flexibility index (Phi) is 5.60. The van der Waals surface area contributed by atoms with Crippen LogP contribution in [0.25, 0.3) is 17.0 Å². The van der Waals surface area contributed by atoms with Crippen molar-refractivity contribution in [1.82, 2.24) is 4.57 Å². The number of para-hydroxylation sites is 1. The molecule has 2 aliphatic heterocycles. The van der Waals surface area contributed by atoms with Gasteiger partial charge in [0.1, 0.15) is 11.5 Å². The molecule has 1 aromatic heterocycles. The van der Waals surface area contributed by atoms with Gasteiger partial charge in [-0.25, -0.2) is 0 Å². The molecule has 0 fully saturated rings. The van der Waals surface area contributed by atoms with E-state index < -0.39 is 11.9 Å². The number of fused-ring (bicyclic) bond motifs is 4. The molecule has 0 radical (unpaired) electrons. The second-order valence-corrected chi connectivity index (χ2v) is 9.16. The van der Waals surface area contributed by atoms with Crippen molar-refractivity contribution < 1.29 is 33.3 Å². The van der Waals surface area contributed by atoms with Crippen molar-refractivity contribution in [1.29, 1.82) is 0 Å². The lowest BCUT2D eigenvalue weighted by atomic mass is 9.84. The number of carbonyl (C=O) groups excluding carboxylic acids is 2. The van der Waals surface area contributed by atoms with Crippen LogP contribution >= 0.6 is 0 Å². The fourth-order valence-corrected chi connectivity index (χ4v) is 5.40. The number of carbonyl (C=O) groups is 2. The van der Waals surface area contributed by atoms with Crippen LogP contribution in [0, 0.1) is 0 Å². The maximum atomic E-state index is 13.5. The zero-order valence-corrected chi connectivity index (χ0v) is 21.4. The Morgan fingerprint density at radius 3 is 2.47 bits per heavy atom. The third-order valence-corrected chi connectivity index (χ3v) is 7.10. The summed E-state index contributed by atoms with van der Waals surface area (Å²) in [6.45, 7) is 0. The fraction of sp³-hybridized carbons (Fsp3) is 0.200. The molecule has 0 spiro atoms. The fourth-order valence-electron chi connectivity index (χ4n) is 5.40. The molecule has 192 valence electrons. The summed E-state index contributed by atoms with van der Waals surface area (Å²) < 4.78 is 30.6. The first-order valence-electron chi connectivity index (χ1n) is 12.1. The summed E-state index contributed by atoms with van der Waals surface area (Å²) in [5.74, 6) is 1.16. The van der Waals surface area contributed by atoms with Crippen LogP contribution in [0.3, 0.4) is 0 Å². The maximum Gasteiger partial charge on any atom is 0.312 e. The zero-order valence-electron chi connectivity index (χ0n) is 21.4. The van der Waals surface area contributed by atoms with Gasteiger partial charge in [0, 0.05) is 46.8 Å². The van der Waals surface area contributed by atoms with Gasteiger partial charge in [-0.2, -0.15) is 0 Å². The van der Waals surface area contributed by atoms with Crippen LogP contribution in [0.5, 0.6) is 28.7 Å². The summed E-state index contributed by atoms with van der Waals surface area (Å²) in [5, 5.41) is 1.01. The molecule has 0 saturated carbocycles. The summed E-state index contributed by atoms with van der Waals surface area (Å²) in [7, 11) is 6.56. The minimum Gasteiger partial charge on any atom is -0.493 e. The Morgan fingerprint density at radius 1 is 0.921 bits per heavy atom. The number of esters is 1. The quantitative estimate of drug-likeness (QED) is 0.205. The molecule has 4 aromatic rings. The largest absolute Gasteiger partial charge is 0.493 e. The third kappa shape index (κ3) is 3.52. The second kappa shape index (κ2) is 8.99. The van der Waals surface area contributed by atoms with E-state index >= 15 is 0 Å². The van der Waals surface area contributed by atoms with Crippen LogP contribution in [0.15, 0.2) is 60.5 Å². The predicted molar refractivity (Wildman–Crippen MR) is 140 cm³/mol. The molecule has 2 aliphatic rings. The van der Waals surface area contributed by atoms with E-state index in [4.69, 9.17) is 23.7 Å². The van der Waals surface area contributed by atoms with Crippen LogP contribution in [-0.4, -0.2) is 37.6 Å². The molecule has 3 aromatic carbocycles. The Hall–Kier alpha value is -4.72. The van der Waals surface area contributed by atoms with Crippen molar-refractivity contribution in [2.24, 2.45) is 7.05 Å². The first-order chi connectivity index (χ1) is 18.4. The average molecular weight is 512 g/mol. The molecular formula is C30H25NO7. The van der Waals surface area contributed by atoms with E-state index in [0.717, 1.165) is 16.5 Å². The molecule has 1 atom stereocenters. The molecule has 8 nitrogen and oxygen atoms in total. The van der Waals surface area contributed by atoms with Crippen molar-refractivity contribution in [3.8, 4) is 28.7 Å². The summed E-state index contributed by atoms with van der Waals surface area (Å²) in [5.41, 5.74) is 3.64. The molecule has 8 heteroatoms. The number of ether oxygens (including phenoxy) is 5. The minimum atomic E-state index is -0.499. The molecule has 38 heavy (non-hydrogen) atoms. The van der Waals surface area contributed by atoms with E-state index in [2.05, 4.69) is 0 Å². The molecule has 0 amide bonds. The summed E-state index contributed by atoms with van der Waals surface area (Å²) in [6, 6.07) is 14.8. The van der Waals surface area contributed by atoms with Crippen molar-refractivity contribution in [3.05, 3.63) is 82.7 Å². The first-order valence-corrected chi connectivity index (χ1v) is 12.1. The predicted octanol–water partition coefficient (Wildman–Crippen LogP) is 5.26. The zero-order chi connectivity index (χ0) is 26.6. The van der Waals surface area contributed by atoms with E-state index in [0.29, 0.717) is 45.4 Å². The number of aryl methyl sites for hydroxylation is 1. The molecule has 0 saturated heterocycles. The molecule has 0 aliphatic carbocycles. The third-order valence-electron chi connectivity index (χ3n) is 7.10. The van der Waals surface area contributed by atoms with Crippen molar-refractivity contribution in [2.75, 3.05) is 21.3 Å². The number of benzene rings is 3. The van der Waals surface area contributed by atoms with Crippen LogP contribution in [-0.2, 0) is 11.8 Å². The molecule has 0 N–H and O–H groups in total. The lowest BCUT2D eigenvalue weighted by Gasteiger charge is -2.28. The Balaban J connectivity index is 1.49. The minimum absolute atomic E-state index is 0.0369. The lowest BCUT2D eigenvalue weighted by Crippen LogP contribution is -2.22. The number of aromatic nitrogens is 1. The molecule has 0 bridgehead atoms. The Bertz CT molecular complexity index is 1660. The van der Waals surface area contributed by atoms with E-state index in [9.17, 15) is 9.59 Å². The van der Waals surface area contributed by atoms with Crippen LogP contribution in [0.4, 0.5) is 0 Å². The number of hydrogen-bond donors (Lipinski definition) is 0. The van der Waals surface area contributed by atoms with Gasteiger partial charge in [-0.3, -0.25) is 9.59 Å². The highest BCUT2D eigenvalue weighted by Crippen LogP contribution is 2.53. The number of ketones is 1. The van der Waals surface area contributed by atoms with Gasteiger partial charge in [-0.15, -0.1) is 0 Å². The van der Waals surface area contributed by atoms with Gasteiger partial charge in [0.2, 0.25) is 11.5 Å². The van der Waals surface area contributed by atoms with Crippen molar-refractivity contribution in [2.45, 2.75) is 12.3 Å². The van der Waals surface area contributed by atoms with E-state index in [1.807, 2.05) is 48.1 Å². The number of rotatable bonds is 5. The number of methoxy groups -OCH3 is 3. The smallest absolute Gasteiger partial charge is 0.312 e. The van der Waals surface area contributed by atoms with Gasteiger partial charge >= 0.3 is 5.97 Å². The second-order valence-electron chi connectivity index (χ2n) is 9.16.